The lowest BCUT2D eigenvalue weighted by Crippen LogP contribution is -2.48. The second kappa shape index (κ2) is 6.55. The summed E-state index contributed by atoms with van der Waals surface area (Å²) in [6.45, 7) is 2.60. The molecule has 1 heterocycles. The van der Waals surface area contributed by atoms with E-state index in [4.69, 9.17) is 0 Å². The van der Waals surface area contributed by atoms with Crippen LogP contribution in [-0.2, 0) is 16.0 Å². The summed E-state index contributed by atoms with van der Waals surface area (Å²) in [5, 5.41) is 9.19. The number of carboxylic acid groups (broad SMARTS) is 1. The number of aliphatic carboxylic acids is 1. The van der Waals surface area contributed by atoms with Crippen molar-refractivity contribution in [1.29, 1.82) is 0 Å². The van der Waals surface area contributed by atoms with Gasteiger partial charge in [0, 0.05) is 13.0 Å². The quantitative estimate of drug-likeness (QED) is 0.918. The van der Waals surface area contributed by atoms with Gasteiger partial charge in [-0.3, -0.25) is 4.79 Å². The van der Waals surface area contributed by atoms with E-state index in [2.05, 4.69) is 0 Å². The van der Waals surface area contributed by atoms with Crippen molar-refractivity contribution in [1.82, 2.24) is 4.90 Å². The molecule has 1 N–H and O–H groups in total. The Bertz CT molecular complexity index is 498. The van der Waals surface area contributed by atoms with E-state index in [-0.39, 0.29) is 5.91 Å². The first kappa shape index (κ1) is 14.6. The van der Waals surface area contributed by atoms with Gasteiger partial charge < -0.3 is 10.0 Å². The second-order valence-corrected chi connectivity index (χ2v) is 5.36. The molecule has 1 atom stereocenters. The zero-order chi connectivity index (χ0) is 14.5. The molecule has 0 spiro atoms. The van der Waals surface area contributed by atoms with Gasteiger partial charge in [-0.25, -0.2) is 4.79 Å². The summed E-state index contributed by atoms with van der Waals surface area (Å²) >= 11 is 0. The second-order valence-electron chi connectivity index (χ2n) is 5.36. The van der Waals surface area contributed by atoms with E-state index in [1.54, 1.807) is 4.90 Å². The van der Waals surface area contributed by atoms with E-state index >= 15 is 0 Å². The Labute approximate surface area is 119 Å². The SMILES string of the molecule is Cc1ccccc1CCC(=O)N1CCCC[C@H]1C(=O)O. The summed E-state index contributed by atoms with van der Waals surface area (Å²) in [6.07, 6.45) is 3.42. The molecule has 1 amide bonds. The Morgan fingerprint density at radius 3 is 2.75 bits per heavy atom. The van der Waals surface area contributed by atoms with Crippen LogP contribution in [-0.4, -0.2) is 34.5 Å². The van der Waals surface area contributed by atoms with Gasteiger partial charge in [0.15, 0.2) is 0 Å². The van der Waals surface area contributed by atoms with Gasteiger partial charge in [-0.15, -0.1) is 0 Å². The number of carbonyl (C=O) groups excluding carboxylic acids is 1. The van der Waals surface area contributed by atoms with Crippen LogP contribution in [0.2, 0.25) is 0 Å². The van der Waals surface area contributed by atoms with Gasteiger partial charge in [-0.2, -0.15) is 0 Å². The molecule has 2 rings (SSSR count). The van der Waals surface area contributed by atoms with E-state index in [1.807, 2.05) is 31.2 Å². The minimum absolute atomic E-state index is 0.0413. The maximum absolute atomic E-state index is 12.3. The predicted molar refractivity (Wildman–Crippen MR) is 76.5 cm³/mol. The molecule has 0 aliphatic carbocycles. The molecule has 1 fully saturated rings. The van der Waals surface area contributed by atoms with E-state index in [0.29, 0.717) is 25.8 Å². The fraction of sp³-hybridized carbons (Fsp3) is 0.500. The van der Waals surface area contributed by atoms with Crippen LogP contribution in [0.1, 0.15) is 36.8 Å². The molecule has 0 radical (unpaired) electrons. The van der Waals surface area contributed by atoms with Crippen LogP contribution >= 0.6 is 0 Å². The first-order valence-electron chi connectivity index (χ1n) is 7.16. The Balaban J connectivity index is 1.97. The summed E-state index contributed by atoms with van der Waals surface area (Å²) in [5.74, 6) is -0.922. The van der Waals surface area contributed by atoms with Gasteiger partial charge in [-0.1, -0.05) is 24.3 Å². The highest BCUT2D eigenvalue weighted by Gasteiger charge is 2.31. The minimum Gasteiger partial charge on any atom is -0.480 e. The fourth-order valence-corrected chi connectivity index (χ4v) is 2.76. The van der Waals surface area contributed by atoms with Gasteiger partial charge in [0.05, 0.1) is 0 Å². The lowest BCUT2D eigenvalue weighted by Gasteiger charge is -2.33. The van der Waals surface area contributed by atoms with Crippen molar-refractivity contribution in [3.63, 3.8) is 0 Å². The van der Waals surface area contributed by atoms with Crippen molar-refractivity contribution in [3.05, 3.63) is 35.4 Å². The van der Waals surface area contributed by atoms with Gasteiger partial charge in [0.2, 0.25) is 5.91 Å². The largest absolute Gasteiger partial charge is 0.480 e. The predicted octanol–water partition coefficient (Wildman–Crippen LogP) is 2.39. The summed E-state index contributed by atoms with van der Waals surface area (Å²) in [5.41, 5.74) is 2.33. The lowest BCUT2D eigenvalue weighted by molar-refractivity contribution is -0.152. The summed E-state index contributed by atoms with van der Waals surface area (Å²) in [6, 6.07) is 7.36. The number of carbonyl (C=O) groups is 2. The van der Waals surface area contributed by atoms with Gasteiger partial charge in [0.1, 0.15) is 6.04 Å². The number of likely N-dealkylation sites (tertiary alicyclic amines) is 1. The normalized spacial score (nSPS) is 18.9. The molecular formula is C16H21NO3. The van der Waals surface area contributed by atoms with Gasteiger partial charge >= 0.3 is 5.97 Å². The van der Waals surface area contributed by atoms with Gasteiger partial charge in [-0.05, 0) is 43.7 Å². The molecule has 1 saturated heterocycles. The van der Waals surface area contributed by atoms with Gasteiger partial charge in [0.25, 0.3) is 0 Å². The van der Waals surface area contributed by atoms with E-state index < -0.39 is 12.0 Å². The average molecular weight is 275 g/mol. The molecule has 0 unspecified atom stereocenters. The number of amides is 1. The Morgan fingerprint density at radius 1 is 1.30 bits per heavy atom. The number of rotatable bonds is 4. The summed E-state index contributed by atoms with van der Waals surface area (Å²) < 4.78 is 0. The molecule has 108 valence electrons. The zero-order valence-electron chi connectivity index (χ0n) is 11.8. The van der Waals surface area contributed by atoms with Crippen LogP contribution in [0, 0.1) is 6.92 Å². The molecule has 0 aromatic heterocycles. The van der Waals surface area contributed by atoms with Crippen LogP contribution in [0.25, 0.3) is 0 Å². The van der Waals surface area contributed by atoms with E-state index in [9.17, 15) is 14.7 Å². The van der Waals surface area contributed by atoms with Crippen molar-refractivity contribution in [3.8, 4) is 0 Å². The monoisotopic (exact) mass is 275 g/mol. The van der Waals surface area contributed by atoms with Crippen LogP contribution < -0.4 is 0 Å². The van der Waals surface area contributed by atoms with Crippen molar-refractivity contribution in [2.24, 2.45) is 0 Å². The molecule has 1 aliphatic heterocycles. The molecule has 1 aliphatic rings. The number of aryl methyl sites for hydroxylation is 2. The van der Waals surface area contributed by atoms with Crippen molar-refractivity contribution < 1.29 is 14.7 Å². The molecule has 4 nitrogen and oxygen atoms in total. The number of piperidine rings is 1. The molecule has 4 heteroatoms. The third kappa shape index (κ3) is 3.38. The highest BCUT2D eigenvalue weighted by Crippen LogP contribution is 2.19. The highest BCUT2D eigenvalue weighted by atomic mass is 16.4. The molecular weight excluding hydrogens is 254 g/mol. The topological polar surface area (TPSA) is 57.6 Å². The molecule has 1 aromatic carbocycles. The maximum atomic E-state index is 12.3. The minimum atomic E-state index is -0.881. The highest BCUT2D eigenvalue weighted by molar-refractivity contribution is 5.84. The van der Waals surface area contributed by atoms with Crippen LogP contribution in [0.3, 0.4) is 0 Å². The number of carboxylic acids is 1. The van der Waals surface area contributed by atoms with Crippen molar-refractivity contribution >= 4 is 11.9 Å². The summed E-state index contributed by atoms with van der Waals surface area (Å²) in [7, 11) is 0. The number of benzene rings is 1. The lowest BCUT2D eigenvalue weighted by atomic mass is 10.00. The first-order chi connectivity index (χ1) is 9.59. The van der Waals surface area contributed by atoms with Crippen molar-refractivity contribution in [2.75, 3.05) is 6.54 Å². The molecule has 0 bridgehead atoms. The third-order valence-corrected chi connectivity index (χ3v) is 3.98. The smallest absolute Gasteiger partial charge is 0.326 e. The molecule has 0 saturated carbocycles. The number of hydrogen-bond acceptors (Lipinski definition) is 2. The average Bonchev–Trinajstić information content (AvgIpc) is 2.46. The van der Waals surface area contributed by atoms with E-state index in [0.717, 1.165) is 18.4 Å². The zero-order valence-corrected chi connectivity index (χ0v) is 11.8. The van der Waals surface area contributed by atoms with Crippen LogP contribution in [0.5, 0.6) is 0 Å². The molecule has 1 aromatic rings. The fourth-order valence-electron chi connectivity index (χ4n) is 2.76. The van der Waals surface area contributed by atoms with Crippen LogP contribution in [0.15, 0.2) is 24.3 Å². The summed E-state index contributed by atoms with van der Waals surface area (Å²) in [4.78, 5) is 25.0. The van der Waals surface area contributed by atoms with Crippen LogP contribution in [0.4, 0.5) is 0 Å². The third-order valence-electron chi connectivity index (χ3n) is 3.98. The van der Waals surface area contributed by atoms with Crippen molar-refractivity contribution in [2.45, 2.75) is 45.1 Å². The number of nitrogens with zero attached hydrogens (tertiary/aromatic N) is 1. The standard InChI is InChI=1S/C16H21NO3/c1-12-6-2-3-7-13(12)9-10-15(18)17-11-5-4-8-14(17)16(19)20/h2-3,6-7,14H,4-5,8-11H2,1H3,(H,19,20)/t14-/m0/s1. The van der Waals surface area contributed by atoms with E-state index in [1.165, 1.54) is 5.56 Å². The Kier molecular flexibility index (Phi) is 4.77. The first-order valence-corrected chi connectivity index (χ1v) is 7.16. The molecule has 20 heavy (non-hydrogen) atoms. The Morgan fingerprint density at radius 2 is 2.05 bits per heavy atom. The number of hydrogen-bond donors (Lipinski definition) is 1. The Hall–Kier alpha value is -1.84. The maximum Gasteiger partial charge on any atom is 0.326 e.